The molecular weight excluding hydrogens is 296 g/mol. The maximum atomic E-state index is 11.5. The van der Waals surface area contributed by atoms with Crippen molar-refractivity contribution >= 4 is 33.3 Å². The molecule has 2 aromatic rings. The van der Waals surface area contributed by atoms with Gasteiger partial charge in [-0.15, -0.1) is 0 Å². The van der Waals surface area contributed by atoms with E-state index >= 15 is 0 Å². The van der Waals surface area contributed by atoms with Crippen LogP contribution in [0.2, 0.25) is 0 Å². The van der Waals surface area contributed by atoms with E-state index in [1.165, 1.54) is 43.7 Å². The molecule has 0 aromatic carbocycles. The lowest BCUT2D eigenvalue weighted by Gasteiger charge is -2.24. The van der Waals surface area contributed by atoms with Crippen LogP contribution < -0.4 is 4.90 Å². The van der Waals surface area contributed by atoms with Crippen molar-refractivity contribution in [3.8, 4) is 0 Å². The van der Waals surface area contributed by atoms with Crippen molar-refractivity contribution in [2.75, 3.05) is 31.1 Å². The molecule has 4 rings (SSSR count). The molecule has 2 aromatic heterocycles. The summed E-state index contributed by atoms with van der Waals surface area (Å²) >= 11 is 1.40. The summed E-state index contributed by atoms with van der Waals surface area (Å²) in [7, 11) is 0. The number of hydrogen-bond acceptors (Lipinski definition) is 6. The highest BCUT2D eigenvalue weighted by molar-refractivity contribution is 7.19. The second-order valence-corrected chi connectivity index (χ2v) is 7.18. The van der Waals surface area contributed by atoms with Crippen LogP contribution in [0.5, 0.6) is 0 Å². The number of anilines is 1. The molecule has 5 nitrogen and oxygen atoms in total. The van der Waals surface area contributed by atoms with Gasteiger partial charge in [0.1, 0.15) is 16.2 Å². The van der Waals surface area contributed by atoms with Crippen LogP contribution in [0.1, 0.15) is 36.0 Å². The first-order valence-electron chi connectivity index (χ1n) is 7.98. The van der Waals surface area contributed by atoms with Gasteiger partial charge in [-0.1, -0.05) is 11.3 Å². The number of Topliss-reactive ketones (excluding diaryl/α,β-unsaturated/α-hetero) is 1. The minimum Gasteiger partial charge on any atom is -0.355 e. The topological polar surface area (TPSA) is 49.3 Å². The van der Waals surface area contributed by atoms with E-state index in [0.717, 1.165) is 29.3 Å². The molecule has 0 radical (unpaired) electrons. The molecule has 0 saturated carbocycles. The van der Waals surface area contributed by atoms with Crippen LogP contribution in [-0.4, -0.2) is 52.9 Å². The molecule has 22 heavy (non-hydrogen) atoms. The van der Waals surface area contributed by atoms with Gasteiger partial charge >= 0.3 is 0 Å². The summed E-state index contributed by atoms with van der Waals surface area (Å²) in [6.07, 6.45) is 3.91. The number of hydrogen-bond donors (Lipinski definition) is 0. The lowest BCUT2D eigenvalue weighted by molar-refractivity contribution is 0.101. The average molecular weight is 316 g/mol. The normalized spacial score (nSPS) is 22.8. The van der Waals surface area contributed by atoms with Crippen molar-refractivity contribution in [1.29, 1.82) is 0 Å². The average Bonchev–Trinajstić information content (AvgIpc) is 3.24. The molecule has 2 fully saturated rings. The summed E-state index contributed by atoms with van der Waals surface area (Å²) in [4.78, 5) is 26.4. The Morgan fingerprint density at radius 3 is 2.82 bits per heavy atom. The number of rotatable bonds is 3. The Morgan fingerprint density at radius 2 is 2.05 bits per heavy atom. The molecule has 0 amide bonds. The van der Waals surface area contributed by atoms with Gasteiger partial charge in [-0.25, -0.2) is 9.97 Å². The van der Waals surface area contributed by atoms with Crippen molar-refractivity contribution in [2.24, 2.45) is 0 Å². The Kier molecular flexibility index (Phi) is 3.58. The molecule has 0 spiro atoms. The highest BCUT2D eigenvalue weighted by Gasteiger charge is 2.30. The predicted octanol–water partition coefficient (Wildman–Crippen LogP) is 2.57. The Bertz CT molecular complexity index is 707. The quantitative estimate of drug-likeness (QED) is 0.815. The lowest BCUT2D eigenvalue weighted by Crippen LogP contribution is -2.35. The maximum Gasteiger partial charge on any atom is 0.188 e. The molecule has 0 bridgehead atoms. The summed E-state index contributed by atoms with van der Waals surface area (Å²) in [5, 5.41) is 0.552. The molecule has 2 aliphatic heterocycles. The third kappa shape index (κ3) is 2.50. The third-order valence-electron chi connectivity index (χ3n) is 4.69. The smallest absolute Gasteiger partial charge is 0.188 e. The van der Waals surface area contributed by atoms with E-state index in [1.807, 2.05) is 12.1 Å². The van der Waals surface area contributed by atoms with Crippen molar-refractivity contribution < 1.29 is 4.79 Å². The zero-order valence-corrected chi connectivity index (χ0v) is 13.6. The molecule has 4 heterocycles. The van der Waals surface area contributed by atoms with E-state index in [4.69, 9.17) is 4.98 Å². The number of nitrogens with zero attached hydrogens (tertiary/aromatic N) is 4. The van der Waals surface area contributed by atoms with Gasteiger partial charge in [0.25, 0.3) is 0 Å². The lowest BCUT2D eigenvalue weighted by atomic mass is 10.2. The highest BCUT2D eigenvalue weighted by Crippen LogP contribution is 2.27. The zero-order chi connectivity index (χ0) is 15.1. The number of aromatic nitrogens is 2. The van der Waals surface area contributed by atoms with Crippen LogP contribution in [0.25, 0.3) is 10.3 Å². The van der Waals surface area contributed by atoms with Crippen LogP contribution in [0.15, 0.2) is 12.1 Å². The van der Waals surface area contributed by atoms with Gasteiger partial charge in [-0.2, -0.15) is 0 Å². The zero-order valence-electron chi connectivity index (χ0n) is 12.8. The van der Waals surface area contributed by atoms with Gasteiger partial charge in [-0.3, -0.25) is 9.69 Å². The molecule has 0 unspecified atom stereocenters. The number of pyridine rings is 1. The predicted molar refractivity (Wildman–Crippen MR) is 88.8 cm³/mol. The molecular formula is C16H20N4OS. The summed E-state index contributed by atoms with van der Waals surface area (Å²) < 4.78 is 0. The Balaban J connectivity index is 1.55. The summed E-state index contributed by atoms with van der Waals surface area (Å²) in [5.74, 6) is 1.03. The number of carbonyl (C=O) groups excluding carboxylic acids is 1. The number of fused-ring (bicyclic) bond motifs is 1. The van der Waals surface area contributed by atoms with Crippen molar-refractivity contribution in [3.63, 3.8) is 0 Å². The highest BCUT2D eigenvalue weighted by atomic mass is 32.1. The molecule has 0 N–H and O–H groups in total. The first-order chi connectivity index (χ1) is 10.7. The number of thiazole rings is 1. The van der Waals surface area contributed by atoms with E-state index in [9.17, 15) is 4.79 Å². The molecule has 0 aliphatic carbocycles. The molecule has 2 aliphatic rings. The number of carbonyl (C=O) groups is 1. The first kappa shape index (κ1) is 14.1. The molecule has 116 valence electrons. The maximum absolute atomic E-state index is 11.5. The van der Waals surface area contributed by atoms with Gasteiger partial charge in [0.05, 0.1) is 0 Å². The first-order valence-corrected chi connectivity index (χ1v) is 8.80. The van der Waals surface area contributed by atoms with E-state index in [-0.39, 0.29) is 5.78 Å². The van der Waals surface area contributed by atoms with E-state index in [1.54, 1.807) is 6.92 Å². The number of likely N-dealkylation sites (tertiary alicyclic amines) is 1. The van der Waals surface area contributed by atoms with Gasteiger partial charge in [0, 0.05) is 26.1 Å². The van der Waals surface area contributed by atoms with Gasteiger partial charge in [0.15, 0.2) is 10.8 Å². The van der Waals surface area contributed by atoms with Crippen molar-refractivity contribution in [2.45, 2.75) is 32.2 Å². The SMILES string of the molecule is CC(=O)c1nc2ccc(N3CC[C@H](N4CCCC4)C3)nc2s1. The Labute approximate surface area is 134 Å². The van der Waals surface area contributed by atoms with E-state index in [2.05, 4.69) is 14.8 Å². The fourth-order valence-corrected chi connectivity index (χ4v) is 4.32. The largest absolute Gasteiger partial charge is 0.355 e. The fourth-order valence-electron chi connectivity index (χ4n) is 3.49. The van der Waals surface area contributed by atoms with E-state index < -0.39 is 0 Å². The van der Waals surface area contributed by atoms with E-state index in [0.29, 0.717) is 11.0 Å². The van der Waals surface area contributed by atoms with Crippen molar-refractivity contribution in [3.05, 3.63) is 17.1 Å². The summed E-state index contributed by atoms with van der Waals surface area (Å²) in [5.41, 5.74) is 0.828. The van der Waals surface area contributed by atoms with Crippen LogP contribution in [0.4, 0.5) is 5.82 Å². The van der Waals surface area contributed by atoms with Crippen molar-refractivity contribution in [1.82, 2.24) is 14.9 Å². The molecule has 1 atom stereocenters. The standard InChI is InChI=1S/C16H20N4OS/c1-11(21)15-17-13-4-5-14(18-16(13)22-15)20-9-6-12(10-20)19-7-2-3-8-19/h4-5,12H,2-3,6-10H2,1H3/t12-/m0/s1. The Hall–Kier alpha value is -1.53. The second-order valence-electron chi connectivity index (χ2n) is 6.20. The minimum absolute atomic E-state index is 0.0137. The summed E-state index contributed by atoms with van der Waals surface area (Å²) in [6, 6.07) is 4.71. The monoisotopic (exact) mass is 316 g/mol. The minimum atomic E-state index is 0.0137. The number of ketones is 1. The van der Waals surface area contributed by atoms with Crippen LogP contribution in [-0.2, 0) is 0 Å². The van der Waals surface area contributed by atoms with Crippen LogP contribution in [0.3, 0.4) is 0 Å². The van der Waals surface area contributed by atoms with Gasteiger partial charge < -0.3 is 4.90 Å². The van der Waals surface area contributed by atoms with Gasteiger partial charge in [0.2, 0.25) is 0 Å². The molecule has 6 heteroatoms. The van der Waals surface area contributed by atoms with Crippen LogP contribution in [0, 0.1) is 0 Å². The van der Waals surface area contributed by atoms with Gasteiger partial charge in [-0.05, 0) is 44.5 Å². The molecule has 2 saturated heterocycles. The second kappa shape index (κ2) is 5.59. The summed E-state index contributed by atoms with van der Waals surface area (Å²) in [6.45, 7) is 6.19. The van der Waals surface area contributed by atoms with Crippen LogP contribution >= 0.6 is 11.3 Å². The Morgan fingerprint density at radius 1 is 1.23 bits per heavy atom. The fraction of sp³-hybridized carbons (Fsp3) is 0.562. The third-order valence-corrected chi connectivity index (χ3v) is 5.75.